The summed E-state index contributed by atoms with van der Waals surface area (Å²) in [7, 11) is 0. The molecule has 7 heteroatoms. The quantitative estimate of drug-likeness (QED) is 0.474. The highest BCUT2D eigenvalue weighted by atomic mass is 16.5. The zero-order valence-corrected chi connectivity index (χ0v) is 21.8. The maximum absolute atomic E-state index is 14.4. The molecule has 1 amide bonds. The minimum Gasteiger partial charge on any atom is -0.462 e. The summed E-state index contributed by atoms with van der Waals surface area (Å²) in [5.41, 5.74) is 4.87. The lowest BCUT2D eigenvalue weighted by Gasteiger charge is -2.53. The van der Waals surface area contributed by atoms with Crippen LogP contribution in [0.15, 0.2) is 84.0 Å². The molecular weight excluding hydrogens is 476 g/mol. The molecule has 194 valence electrons. The van der Waals surface area contributed by atoms with Crippen LogP contribution in [0, 0.1) is 5.41 Å². The van der Waals surface area contributed by atoms with Gasteiger partial charge in [-0.05, 0) is 61.7 Å². The van der Waals surface area contributed by atoms with E-state index in [9.17, 15) is 9.59 Å². The smallest absolute Gasteiger partial charge is 0.338 e. The molecule has 7 nitrogen and oxygen atoms in total. The summed E-state index contributed by atoms with van der Waals surface area (Å²) in [5, 5.41) is 6.37. The van der Waals surface area contributed by atoms with Gasteiger partial charge in [-0.1, -0.05) is 48.5 Å². The number of carbonyl (C=O) groups excluding carboxylic acids is 2. The lowest BCUT2D eigenvalue weighted by atomic mass is 9.67. The third-order valence-corrected chi connectivity index (χ3v) is 8.15. The van der Waals surface area contributed by atoms with Crippen LogP contribution in [0.4, 0.5) is 11.4 Å². The largest absolute Gasteiger partial charge is 0.462 e. The van der Waals surface area contributed by atoms with Crippen molar-refractivity contribution in [2.75, 3.05) is 36.1 Å². The van der Waals surface area contributed by atoms with Crippen molar-refractivity contribution in [3.05, 3.63) is 95.6 Å². The molecule has 0 bridgehead atoms. The Kier molecular flexibility index (Phi) is 6.24. The molecule has 3 aliphatic heterocycles. The van der Waals surface area contributed by atoms with E-state index in [-0.39, 0.29) is 17.9 Å². The monoisotopic (exact) mass is 508 g/mol. The van der Waals surface area contributed by atoms with Crippen LogP contribution in [0.1, 0.15) is 35.3 Å². The number of esters is 1. The van der Waals surface area contributed by atoms with Crippen molar-refractivity contribution in [3.8, 4) is 0 Å². The Balaban J connectivity index is 1.34. The Morgan fingerprint density at radius 1 is 1.00 bits per heavy atom. The molecule has 0 aliphatic carbocycles. The fourth-order valence-electron chi connectivity index (χ4n) is 6.24. The first kappa shape index (κ1) is 24.4. The Morgan fingerprint density at radius 3 is 2.50 bits per heavy atom. The summed E-state index contributed by atoms with van der Waals surface area (Å²) < 4.78 is 5.11. The van der Waals surface area contributed by atoms with E-state index in [1.54, 1.807) is 31.2 Å². The van der Waals surface area contributed by atoms with Crippen LogP contribution in [0.25, 0.3) is 0 Å². The third kappa shape index (κ3) is 3.98. The van der Waals surface area contributed by atoms with Crippen LogP contribution in [0.5, 0.6) is 0 Å². The van der Waals surface area contributed by atoms with E-state index < -0.39 is 5.41 Å². The SMILES string of the molecule is CCOC(=O)c1ccc(N2N=C(C)[C@]3(Cc4ccccc4N4CCN(Cc5ccccc5)C[C@H]43)C2=O)cc1. The summed E-state index contributed by atoms with van der Waals surface area (Å²) in [6.45, 7) is 7.50. The van der Waals surface area contributed by atoms with Crippen LogP contribution in [0.3, 0.4) is 0 Å². The van der Waals surface area contributed by atoms with E-state index in [0.717, 1.165) is 31.9 Å². The Labute approximate surface area is 223 Å². The number of hydrazone groups is 1. The number of ether oxygens (including phenoxy) is 1. The number of nitrogens with zero attached hydrogens (tertiary/aromatic N) is 4. The lowest BCUT2D eigenvalue weighted by Crippen LogP contribution is -2.66. The molecule has 1 saturated heterocycles. The zero-order valence-electron chi connectivity index (χ0n) is 21.8. The topological polar surface area (TPSA) is 65.5 Å². The second-order valence-electron chi connectivity index (χ2n) is 10.3. The Hall–Kier alpha value is -3.97. The number of benzene rings is 3. The number of hydrogen-bond acceptors (Lipinski definition) is 6. The molecule has 3 heterocycles. The van der Waals surface area contributed by atoms with Gasteiger partial charge in [0.15, 0.2) is 0 Å². The van der Waals surface area contributed by atoms with E-state index in [4.69, 9.17) is 9.84 Å². The summed E-state index contributed by atoms with van der Waals surface area (Å²) >= 11 is 0. The second-order valence-corrected chi connectivity index (χ2v) is 10.3. The predicted molar refractivity (Wildman–Crippen MR) is 148 cm³/mol. The summed E-state index contributed by atoms with van der Waals surface area (Å²) in [6, 6.07) is 25.9. The van der Waals surface area contributed by atoms with Crippen LogP contribution < -0.4 is 9.91 Å². The highest BCUT2D eigenvalue weighted by Gasteiger charge is 2.59. The third-order valence-electron chi connectivity index (χ3n) is 8.15. The molecule has 0 unspecified atom stereocenters. The van der Waals surface area contributed by atoms with E-state index in [2.05, 4.69) is 58.3 Å². The van der Waals surface area contributed by atoms with Crippen molar-refractivity contribution in [2.45, 2.75) is 32.9 Å². The highest BCUT2D eigenvalue weighted by Crippen LogP contribution is 2.48. The van der Waals surface area contributed by atoms with Crippen molar-refractivity contribution in [1.82, 2.24) is 4.90 Å². The molecule has 2 atom stereocenters. The van der Waals surface area contributed by atoms with Gasteiger partial charge in [-0.3, -0.25) is 9.69 Å². The number of carbonyl (C=O) groups is 2. The van der Waals surface area contributed by atoms with Gasteiger partial charge in [-0.25, -0.2) is 4.79 Å². The molecule has 0 saturated carbocycles. The minimum absolute atomic E-state index is 0.00931. The molecule has 3 aromatic rings. The van der Waals surface area contributed by atoms with Gasteiger partial charge in [0, 0.05) is 31.9 Å². The summed E-state index contributed by atoms with van der Waals surface area (Å²) in [6.07, 6.45) is 0.620. The molecule has 3 aliphatic rings. The highest BCUT2D eigenvalue weighted by molar-refractivity contribution is 6.20. The van der Waals surface area contributed by atoms with Gasteiger partial charge in [-0.2, -0.15) is 10.1 Å². The van der Waals surface area contributed by atoms with E-state index >= 15 is 0 Å². The van der Waals surface area contributed by atoms with Gasteiger partial charge < -0.3 is 9.64 Å². The van der Waals surface area contributed by atoms with Crippen molar-refractivity contribution in [1.29, 1.82) is 0 Å². The summed E-state index contributed by atoms with van der Waals surface area (Å²) in [5.74, 6) is -0.381. The molecule has 3 aromatic carbocycles. The number of hydrogen-bond donors (Lipinski definition) is 0. The molecule has 1 fully saturated rings. The second kappa shape index (κ2) is 9.72. The molecule has 0 aromatic heterocycles. The fourth-order valence-corrected chi connectivity index (χ4v) is 6.24. The first-order valence-electron chi connectivity index (χ1n) is 13.3. The number of amides is 1. The van der Waals surface area contributed by atoms with Gasteiger partial charge in [-0.15, -0.1) is 0 Å². The predicted octanol–water partition coefficient (Wildman–Crippen LogP) is 4.52. The van der Waals surface area contributed by atoms with Crippen molar-refractivity contribution >= 4 is 29.0 Å². The first-order valence-corrected chi connectivity index (χ1v) is 13.3. The normalized spacial score (nSPS) is 22.7. The van der Waals surface area contributed by atoms with Gasteiger partial charge in [0.2, 0.25) is 0 Å². The van der Waals surface area contributed by atoms with Crippen LogP contribution >= 0.6 is 0 Å². The number of rotatable bonds is 5. The first-order chi connectivity index (χ1) is 18.5. The minimum atomic E-state index is -0.760. The average Bonchev–Trinajstić information content (AvgIpc) is 3.19. The fraction of sp³-hybridized carbons (Fsp3) is 0.323. The molecule has 6 rings (SSSR count). The van der Waals surface area contributed by atoms with Gasteiger partial charge in [0.1, 0.15) is 5.41 Å². The maximum Gasteiger partial charge on any atom is 0.338 e. The van der Waals surface area contributed by atoms with Crippen LogP contribution in [0.2, 0.25) is 0 Å². The Morgan fingerprint density at radius 2 is 1.74 bits per heavy atom. The number of para-hydroxylation sites is 1. The molecule has 1 spiro atoms. The van der Waals surface area contributed by atoms with Gasteiger partial charge in [0.25, 0.3) is 5.91 Å². The lowest BCUT2D eigenvalue weighted by molar-refractivity contribution is -0.125. The van der Waals surface area contributed by atoms with E-state index in [1.807, 2.05) is 13.0 Å². The average molecular weight is 509 g/mol. The number of anilines is 2. The standard InChI is InChI=1S/C31H32N4O3/c1-3-38-29(36)24-13-15-26(16-14-24)35-30(37)31(22(2)32-35)19-25-11-7-8-12-27(25)34-18-17-33(21-28(31)34)20-23-9-5-4-6-10-23/h4-16,28H,3,17-21H2,1-2H3/t28-,31-/m0/s1. The van der Waals surface area contributed by atoms with E-state index in [1.165, 1.54) is 21.8 Å². The number of fused-ring (bicyclic) bond motifs is 4. The number of piperazine rings is 1. The van der Waals surface area contributed by atoms with Crippen molar-refractivity contribution in [2.24, 2.45) is 10.5 Å². The Bertz CT molecular complexity index is 1390. The van der Waals surface area contributed by atoms with Crippen molar-refractivity contribution in [3.63, 3.8) is 0 Å². The van der Waals surface area contributed by atoms with Crippen LogP contribution in [-0.4, -0.2) is 54.8 Å². The van der Waals surface area contributed by atoms with Crippen molar-refractivity contribution < 1.29 is 14.3 Å². The summed E-state index contributed by atoms with van der Waals surface area (Å²) in [4.78, 5) is 31.4. The van der Waals surface area contributed by atoms with E-state index in [0.29, 0.717) is 24.3 Å². The molecular formula is C31H32N4O3. The van der Waals surface area contributed by atoms with Gasteiger partial charge >= 0.3 is 5.97 Å². The molecule has 0 radical (unpaired) electrons. The van der Waals surface area contributed by atoms with Crippen LogP contribution in [-0.2, 0) is 22.5 Å². The zero-order chi connectivity index (χ0) is 26.3. The maximum atomic E-state index is 14.4. The molecule has 38 heavy (non-hydrogen) atoms. The van der Waals surface area contributed by atoms with Gasteiger partial charge in [0.05, 0.1) is 29.6 Å². The molecule has 0 N–H and O–H groups in total.